The third kappa shape index (κ3) is 2.23. The zero-order chi connectivity index (χ0) is 12.3. The van der Waals surface area contributed by atoms with Gasteiger partial charge in [0.15, 0.2) is 5.43 Å². The molecule has 1 aromatic carbocycles. The molecule has 1 heterocycles. The van der Waals surface area contributed by atoms with Gasteiger partial charge in [0.05, 0.1) is 17.2 Å². The molecule has 2 rings (SSSR count). The van der Waals surface area contributed by atoms with Crippen molar-refractivity contribution in [2.24, 2.45) is 0 Å². The monoisotopic (exact) mass is 230 g/mol. The van der Waals surface area contributed by atoms with Crippen molar-refractivity contribution >= 4 is 11.0 Å². The maximum atomic E-state index is 12.0. The van der Waals surface area contributed by atoms with Crippen LogP contribution in [0.25, 0.3) is 11.0 Å². The Morgan fingerprint density at radius 3 is 2.88 bits per heavy atom. The third-order valence-corrected chi connectivity index (χ3v) is 2.49. The van der Waals surface area contributed by atoms with E-state index in [1.165, 1.54) is 0 Å². The van der Waals surface area contributed by atoms with Crippen LogP contribution in [0.1, 0.15) is 18.9 Å². The average Bonchev–Trinajstić information content (AvgIpc) is 2.35. The first-order valence-corrected chi connectivity index (χ1v) is 5.58. The Balaban J connectivity index is 2.54. The summed E-state index contributed by atoms with van der Waals surface area (Å²) in [6.07, 6.45) is 4.27. The second-order valence-corrected chi connectivity index (χ2v) is 3.74. The van der Waals surface area contributed by atoms with Crippen molar-refractivity contribution in [2.45, 2.75) is 20.3 Å². The minimum absolute atomic E-state index is 0.0493. The van der Waals surface area contributed by atoms with Gasteiger partial charge >= 0.3 is 0 Å². The molecule has 0 saturated carbocycles. The molecular weight excluding hydrogens is 216 g/mol. The summed E-state index contributed by atoms with van der Waals surface area (Å²) in [5.74, 6) is 0.262. The van der Waals surface area contributed by atoms with Crippen LogP contribution in [-0.4, -0.2) is 0 Å². The highest BCUT2D eigenvalue weighted by atomic mass is 16.6. The summed E-state index contributed by atoms with van der Waals surface area (Å²) in [5.41, 5.74) is 0.985. The molecule has 0 radical (unpaired) electrons. The number of para-hydroxylation sites is 1. The molecule has 0 spiro atoms. The maximum absolute atomic E-state index is 12.0. The van der Waals surface area contributed by atoms with Crippen LogP contribution in [0.4, 0.5) is 0 Å². The molecule has 0 aliphatic carbocycles. The van der Waals surface area contributed by atoms with E-state index >= 15 is 0 Å². The molecule has 3 nitrogen and oxygen atoms in total. The number of allylic oxidation sites excluding steroid dienone is 1. The van der Waals surface area contributed by atoms with E-state index in [9.17, 15) is 4.79 Å². The van der Waals surface area contributed by atoms with Crippen LogP contribution in [0.3, 0.4) is 0 Å². The molecule has 3 heteroatoms. The molecule has 0 saturated heterocycles. The normalized spacial score (nSPS) is 11.2. The summed E-state index contributed by atoms with van der Waals surface area (Å²) >= 11 is 0. The van der Waals surface area contributed by atoms with Crippen LogP contribution < -0.4 is 10.2 Å². The van der Waals surface area contributed by atoms with Crippen LogP contribution in [0.15, 0.2) is 45.8 Å². The van der Waals surface area contributed by atoms with Gasteiger partial charge in [-0.2, -0.15) is 0 Å². The number of hydrogen-bond donors (Lipinski definition) is 0. The predicted molar refractivity (Wildman–Crippen MR) is 67.3 cm³/mol. The Morgan fingerprint density at radius 1 is 1.35 bits per heavy atom. The van der Waals surface area contributed by atoms with Crippen LogP contribution in [0.5, 0.6) is 5.95 Å². The minimum atomic E-state index is -0.0493. The second-order valence-electron chi connectivity index (χ2n) is 3.74. The Morgan fingerprint density at radius 2 is 2.12 bits per heavy atom. The van der Waals surface area contributed by atoms with Crippen molar-refractivity contribution in [1.82, 2.24) is 0 Å². The van der Waals surface area contributed by atoms with Gasteiger partial charge in [0.1, 0.15) is 5.58 Å². The van der Waals surface area contributed by atoms with E-state index < -0.39 is 0 Å². The zero-order valence-electron chi connectivity index (χ0n) is 9.90. The van der Waals surface area contributed by atoms with Gasteiger partial charge in [-0.25, -0.2) is 0 Å². The number of ether oxygens (including phenoxy) is 1. The number of benzene rings is 1. The smallest absolute Gasteiger partial charge is 0.296 e. The minimum Gasteiger partial charge on any atom is -0.434 e. The number of hydrogen-bond acceptors (Lipinski definition) is 3. The molecule has 1 aromatic heterocycles. The highest BCUT2D eigenvalue weighted by Crippen LogP contribution is 2.21. The lowest BCUT2D eigenvalue weighted by Gasteiger charge is -2.04. The van der Waals surface area contributed by atoms with Crippen molar-refractivity contribution in [2.75, 3.05) is 0 Å². The fraction of sp³-hybridized carbons (Fsp3) is 0.214. The highest BCUT2D eigenvalue weighted by molar-refractivity contribution is 5.77. The molecule has 17 heavy (non-hydrogen) atoms. The van der Waals surface area contributed by atoms with Gasteiger partial charge in [-0.05, 0) is 31.6 Å². The molecule has 0 bridgehead atoms. The Hall–Kier alpha value is -2.03. The fourth-order valence-corrected chi connectivity index (χ4v) is 1.53. The lowest BCUT2D eigenvalue weighted by Crippen LogP contribution is -2.06. The molecule has 2 aromatic rings. The largest absolute Gasteiger partial charge is 0.434 e. The summed E-state index contributed by atoms with van der Waals surface area (Å²) in [7, 11) is 0. The maximum Gasteiger partial charge on any atom is 0.296 e. The van der Waals surface area contributed by atoms with Gasteiger partial charge in [0.2, 0.25) is 0 Å². The van der Waals surface area contributed by atoms with Crippen molar-refractivity contribution < 1.29 is 9.15 Å². The Kier molecular flexibility index (Phi) is 3.28. The Labute approximate surface area is 99.3 Å². The molecular formula is C14H14O3. The van der Waals surface area contributed by atoms with Gasteiger partial charge in [-0.1, -0.05) is 19.1 Å². The van der Waals surface area contributed by atoms with Crippen molar-refractivity contribution in [1.29, 1.82) is 0 Å². The van der Waals surface area contributed by atoms with Crippen molar-refractivity contribution in [3.63, 3.8) is 0 Å². The molecule has 0 unspecified atom stereocenters. The summed E-state index contributed by atoms with van der Waals surface area (Å²) in [6, 6.07) is 7.15. The number of fused-ring (bicyclic) bond motifs is 1. The van der Waals surface area contributed by atoms with Gasteiger partial charge in [-0.3, -0.25) is 4.79 Å². The van der Waals surface area contributed by atoms with E-state index in [-0.39, 0.29) is 11.4 Å². The lowest BCUT2D eigenvalue weighted by molar-refractivity contribution is 0.347. The Bertz CT molecular complexity index is 608. The molecule has 0 aliphatic rings. The van der Waals surface area contributed by atoms with E-state index in [0.717, 1.165) is 6.42 Å². The van der Waals surface area contributed by atoms with Crippen LogP contribution in [0.2, 0.25) is 0 Å². The molecule has 0 amide bonds. The molecule has 88 valence electrons. The van der Waals surface area contributed by atoms with Gasteiger partial charge in [0, 0.05) is 0 Å². The van der Waals surface area contributed by atoms with E-state index in [1.54, 1.807) is 25.3 Å². The SMILES string of the molecule is CCC=COc1oc2ccccc2c(=O)c1C. The standard InChI is InChI=1S/C14H14O3/c1-3-4-9-16-14-10(2)13(15)11-7-5-6-8-12(11)17-14/h4-9H,3H2,1-2H3. The van der Waals surface area contributed by atoms with Crippen molar-refractivity contribution in [3.05, 3.63) is 52.4 Å². The van der Waals surface area contributed by atoms with Gasteiger partial charge < -0.3 is 9.15 Å². The van der Waals surface area contributed by atoms with Gasteiger partial charge in [-0.15, -0.1) is 0 Å². The molecule has 0 N–H and O–H groups in total. The van der Waals surface area contributed by atoms with E-state index in [4.69, 9.17) is 9.15 Å². The first kappa shape index (κ1) is 11.5. The lowest BCUT2D eigenvalue weighted by atomic mass is 10.2. The average molecular weight is 230 g/mol. The van der Waals surface area contributed by atoms with Gasteiger partial charge in [0.25, 0.3) is 5.95 Å². The van der Waals surface area contributed by atoms with Crippen molar-refractivity contribution in [3.8, 4) is 5.95 Å². The van der Waals surface area contributed by atoms with Crippen LogP contribution >= 0.6 is 0 Å². The predicted octanol–water partition coefficient (Wildman–Crippen LogP) is 3.40. The number of rotatable bonds is 3. The van der Waals surface area contributed by atoms with E-state index in [0.29, 0.717) is 16.5 Å². The summed E-state index contributed by atoms with van der Waals surface area (Å²) in [6.45, 7) is 3.71. The summed E-state index contributed by atoms with van der Waals surface area (Å²) in [4.78, 5) is 12.0. The summed E-state index contributed by atoms with van der Waals surface area (Å²) in [5, 5.41) is 0.580. The molecule has 0 atom stereocenters. The topological polar surface area (TPSA) is 39.4 Å². The quantitative estimate of drug-likeness (QED) is 0.758. The first-order chi connectivity index (χ1) is 8.24. The molecule has 0 aliphatic heterocycles. The van der Waals surface area contributed by atoms with E-state index in [1.807, 2.05) is 25.1 Å². The summed E-state index contributed by atoms with van der Waals surface area (Å²) < 4.78 is 10.9. The highest BCUT2D eigenvalue weighted by Gasteiger charge is 2.10. The van der Waals surface area contributed by atoms with Crippen LogP contribution in [0, 0.1) is 6.92 Å². The van der Waals surface area contributed by atoms with E-state index in [2.05, 4.69) is 0 Å². The second kappa shape index (κ2) is 4.87. The molecule has 0 fully saturated rings. The first-order valence-electron chi connectivity index (χ1n) is 5.58. The zero-order valence-corrected chi connectivity index (χ0v) is 9.90. The fourth-order valence-electron chi connectivity index (χ4n) is 1.53. The third-order valence-electron chi connectivity index (χ3n) is 2.49. The van der Waals surface area contributed by atoms with Crippen LogP contribution in [-0.2, 0) is 0 Å².